The average Bonchev–Trinajstić information content (AvgIpc) is 3.38. The summed E-state index contributed by atoms with van der Waals surface area (Å²) >= 11 is 1.53. The Labute approximate surface area is 181 Å². The van der Waals surface area contributed by atoms with E-state index < -0.39 is 16.3 Å². The molecule has 10 nitrogen and oxygen atoms in total. The SMILES string of the molecule is COC(=O)NS(=O)(=O)NCc1nnc(Cc2nc3ccc(-c4ccccc4)cc3s2)o1. The number of thiazole rings is 1. The number of hydrogen-bond donors (Lipinski definition) is 2. The summed E-state index contributed by atoms with van der Waals surface area (Å²) in [4.78, 5) is 15.6. The number of rotatable bonds is 7. The van der Waals surface area contributed by atoms with Gasteiger partial charge in [0.2, 0.25) is 11.8 Å². The van der Waals surface area contributed by atoms with Gasteiger partial charge in [-0.1, -0.05) is 36.4 Å². The Morgan fingerprint density at radius 2 is 1.87 bits per heavy atom. The molecule has 0 saturated carbocycles. The number of carbonyl (C=O) groups is 1. The summed E-state index contributed by atoms with van der Waals surface area (Å²) in [5, 5.41) is 8.53. The number of nitrogens with one attached hydrogen (secondary N) is 2. The Morgan fingerprint density at radius 1 is 1.10 bits per heavy atom. The third-order valence-corrected chi connectivity index (χ3v) is 6.15. The van der Waals surface area contributed by atoms with E-state index in [2.05, 4.69) is 42.8 Å². The van der Waals surface area contributed by atoms with E-state index in [1.807, 2.05) is 30.3 Å². The van der Waals surface area contributed by atoms with Crippen LogP contribution in [0.5, 0.6) is 0 Å². The van der Waals surface area contributed by atoms with E-state index >= 15 is 0 Å². The number of aromatic nitrogens is 3. The lowest BCUT2D eigenvalue weighted by Crippen LogP contribution is -2.39. The highest BCUT2D eigenvalue weighted by Crippen LogP contribution is 2.29. The molecule has 2 N–H and O–H groups in total. The van der Waals surface area contributed by atoms with E-state index in [9.17, 15) is 13.2 Å². The molecule has 0 unspecified atom stereocenters. The Balaban J connectivity index is 1.43. The molecule has 2 aromatic heterocycles. The molecule has 0 atom stereocenters. The molecule has 0 aliphatic carbocycles. The lowest BCUT2D eigenvalue weighted by Gasteiger charge is -2.04. The number of amides is 1. The number of benzene rings is 2. The van der Waals surface area contributed by atoms with Crippen molar-refractivity contribution in [3.8, 4) is 11.1 Å². The van der Waals surface area contributed by atoms with Gasteiger partial charge in [0.15, 0.2) is 0 Å². The van der Waals surface area contributed by atoms with Crippen molar-refractivity contribution < 1.29 is 22.4 Å². The van der Waals surface area contributed by atoms with Crippen LogP contribution in [0.15, 0.2) is 52.9 Å². The highest BCUT2D eigenvalue weighted by molar-refractivity contribution is 7.88. The van der Waals surface area contributed by atoms with Crippen molar-refractivity contribution in [2.45, 2.75) is 13.0 Å². The second-order valence-corrected chi connectivity index (χ2v) is 8.96. The first kappa shape index (κ1) is 20.9. The number of nitrogens with zero attached hydrogens (tertiary/aromatic N) is 3. The molecular formula is C19H17N5O5S2. The van der Waals surface area contributed by atoms with Gasteiger partial charge in [-0.25, -0.2) is 14.5 Å². The molecule has 160 valence electrons. The van der Waals surface area contributed by atoms with Crippen LogP contribution in [0.1, 0.15) is 16.8 Å². The van der Waals surface area contributed by atoms with Gasteiger partial charge in [-0.3, -0.25) is 0 Å². The van der Waals surface area contributed by atoms with Crippen LogP contribution in [-0.4, -0.2) is 36.8 Å². The van der Waals surface area contributed by atoms with Crippen molar-refractivity contribution in [3.05, 3.63) is 65.3 Å². The molecule has 4 aromatic rings. The summed E-state index contributed by atoms with van der Waals surface area (Å²) in [5.41, 5.74) is 3.11. The number of methoxy groups -OCH3 is 1. The molecule has 0 bridgehead atoms. The quantitative estimate of drug-likeness (QED) is 0.430. The van der Waals surface area contributed by atoms with E-state index in [1.165, 1.54) is 11.3 Å². The molecule has 0 aliphatic heterocycles. The van der Waals surface area contributed by atoms with Crippen LogP contribution in [0.4, 0.5) is 4.79 Å². The first-order valence-corrected chi connectivity index (χ1v) is 11.3. The normalized spacial score (nSPS) is 11.5. The van der Waals surface area contributed by atoms with E-state index in [0.29, 0.717) is 12.3 Å². The fourth-order valence-electron chi connectivity index (χ4n) is 2.76. The summed E-state index contributed by atoms with van der Waals surface area (Å²) in [6.07, 6.45) is -0.787. The lowest BCUT2D eigenvalue weighted by molar-refractivity contribution is 0.177. The zero-order valence-electron chi connectivity index (χ0n) is 16.2. The highest BCUT2D eigenvalue weighted by Gasteiger charge is 2.17. The molecule has 4 rings (SSSR count). The van der Waals surface area contributed by atoms with E-state index in [1.54, 1.807) is 4.72 Å². The van der Waals surface area contributed by atoms with Crippen molar-refractivity contribution in [2.24, 2.45) is 0 Å². The summed E-state index contributed by atoms with van der Waals surface area (Å²) in [5.74, 6) is 0.357. The van der Waals surface area contributed by atoms with Gasteiger partial charge < -0.3 is 9.15 Å². The van der Waals surface area contributed by atoms with Crippen LogP contribution in [0.3, 0.4) is 0 Å². The summed E-state index contributed by atoms with van der Waals surface area (Å²) in [7, 11) is -3.04. The van der Waals surface area contributed by atoms with Gasteiger partial charge in [-0.05, 0) is 23.3 Å². The van der Waals surface area contributed by atoms with Crippen molar-refractivity contribution in [2.75, 3.05) is 7.11 Å². The van der Waals surface area contributed by atoms with Crippen LogP contribution >= 0.6 is 11.3 Å². The van der Waals surface area contributed by atoms with Gasteiger partial charge in [0, 0.05) is 0 Å². The van der Waals surface area contributed by atoms with Gasteiger partial charge in [-0.15, -0.1) is 21.5 Å². The zero-order chi connectivity index (χ0) is 21.8. The molecule has 1 amide bonds. The Morgan fingerprint density at radius 3 is 2.65 bits per heavy atom. The fourth-order valence-corrected chi connectivity index (χ4v) is 4.45. The van der Waals surface area contributed by atoms with Gasteiger partial charge in [-0.2, -0.15) is 13.1 Å². The topological polar surface area (TPSA) is 136 Å². The van der Waals surface area contributed by atoms with Crippen molar-refractivity contribution in [1.29, 1.82) is 0 Å². The molecule has 12 heteroatoms. The maximum Gasteiger partial charge on any atom is 0.421 e. The second-order valence-electron chi connectivity index (χ2n) is 6.34. The number of hydrogen-bond acceptors (Lipinski definition) is 9. The van der Waals surface area contributed by atoms with Crippen LogP contribution in [0, 0.1) is 0 Å². The third-order valence-electron chi connectivity index (χ3n) is 4.17. The first-order valence-electron chi connectivity index (χ1n) is 9.03. The fraction of sp³-hybridized carbons (Fsp3) is 0.158. The van der Waals surface area contributed by atoms with Gasteiger partial charge in [0.1, 0.15) is 5.01 Å². The predicted molar refractivity (Wildman–Crippen MR) is 113 cm³/mol. The van der Waals surface area contributed by atoms with Crippen LogP contribution in [-0.2, 0) is 27.9 Å². The Kier molecular flexibility index (Phi) is 5.93. The maximum atomic E-state index is 11.7. The molecule has 0 fully saturated rings. The zero-order valence-corrected chi connectivity index (χ0v) is 17.9. The molecule has 0 saturated heterocycles. The number of fused-ring (bicyclic) bond motifs is 1. The summed E-state index contributed by atoms with van der Waals surface area (Å²) in [6.45, 7) is -0.278. The van der Waals surface area contributed by atoms with Crippen LogP contribution < -0.4 is 9.44 Å². The molecule has 2 aromatic carbocycles. The van der Waals surface area contributed by atoms with E-state index in [0.717, 1.165) is 33.5 Å². The molecule has 2 heterocycles. The minimum Gasteiger partial charge on any atom is -0.452 e. The molecule has 0 radical (unpaired) electrons. The number of ether oxygens (including phenoxy) is 1. The summed E-state index contributed by atoms with van der Waals surface area (Å²) < 4.78 is 37.9. The van der Waals surface area contributed by atoms with Crippen molar-refractivity contribution >= 4 is 37.9 Å². The highest BCUT2D eigenvalue weighted by atomic mass is 32.2. The van der Waals surface area contributed by atoms with Gasteiger partial charge in [0.05, 0.1) is 30.3 Å². The number of carbonyl (C=O) groups excluding carboxylic acids is 1. The molecule has 31 heavy (non-hydrogen) atoms. The minimum atomic E-state index is -4.10. The maximum absolute atomic E-state index is 11.7. The Bertz CT molecular complexity index is 1320. The standard InChI is InChI=1S/C19H17N5O5S2/c1-28-19(25)24-31(26,27)20-11-17-23-22-16(29-17)10-18-21-14-8-7-13(9-15(14)30-18)12-5-3-2-4-6-12/h2-9,20H,10-11H2,1H3,(H,24,25). The van der Waals surface area contributed by atoms with Crippen LogP contribution in [0.25, 0.3) is 21.3 Å². The second kappa shape index (κ2) is 8.79. The van der Waals surface area contributed by atoms with E-state index in [-0.39, 0.29) is 12.4 Å². The van der Waals surface area contributed by atoms with Crippen LogP contribution in [0.2, 0.25) is 0 Å². The molecular weight excluding hydrogens is 442 g/mol. The monoisotopic (exact) mass is 459 g/mol. The largest absolute Gasteiger partial charge is 0.452 e. The third kappa shape index (κ3) is 5.23. The molecule has 0 spiro atoms. The van der Waals surface area contributed by atoms with Gasteiger partial charge in [0.25, 0.3) is 0 Å². The first-order chi connectivity index (χ1) is 14.9. The predicted octanol–water partition coefficient (Wildman–Crippen LogP) is 2.63. The average molecular weight is 460 g/mol. The van der Waals surface area contributed by atoms with Crippen molar-refractivity contribution in [3.63, 3.8) is 0 Å². The molecule has 0 aliphatic rings. The smallest absolute Gasteiger partial charge is 0.421 e. The van der Waals surface area contributed by atoms with Gasteiger partial charge >= 0.3 is 16.3 Å². The Hall–Kier alpha value is -3.35. The van der Waals surface area contributed by atoms with E-state index in [4.69, 9.17) is 4.42 Å². The van der Waals surface area contributed by atoms with Crippen molar-refractivity contribution in [1.82, 2.24) is 24.6 Å². The lowest BCUT2D eigenvalue weighted by atomic mass is 10.1. The summed E-state index contributed by atoms with van der Waals surface area (Å²) in [6, 6.07) is 16.2. The minimum absolute atomic E-state index is 0.0534.